The number of carbonyl (C=O) groups excluding carboxylic acids is 3. The Morgan fingerprint density at radius 3 is 2.37 bits per heavy atom. The summed E-state index contributed by atoms with van der Waals surface area (Å²) < 4.78 is 0.905. The fourth-order valence-corrected chi connectivity index (χ4v) is 4.39. The van der Waals surface area contributed by atoms with Gasteiger partial charge in [-0.25, -0.2) is 5.01 Å². The Morgan fingerprint density at radius 2 is 1.70 bits per heavy atom. The van der Waals surface area contributed by atoms with Gasteiger partial charge in [0.1, 0.15) is 0 Å². The van der Waals surface area contributed by atoms with Crippen LogP contribution in [0.2, 0.25) is 5.02 Å². The zero-order chi connectivity index (χ0) is 21.4. The molecule has 5 nitrogen and oxygen atoms in total. The Balaban J connectivity index is 1.70. The summed E-state index contributed by atoms with van der Waals surface area (Å²) in [5, 5.41) is 2.85. The summed E-state index contributed by atoms with van der Waals surface area (Å²) in [6, 6.07) is 13.9. The number of amides is 3. The van der Waals surface area contributed by atoms with Crippen LogP contribution in [0.3, 0.4) is 0 Å². The van der Waals surface area contributed by atoms with Gasteiger partial charge in [0.2, 0.25) is 0 Å². The predicted molar refractivity (Wildman–Crippen MR) is 117 cm³/mol. The topological polar surface area (TPSA) is 57.7 Å². The highest BCUT2D eigenvalue weighted by molar-refractivity contribution is 9.10. The van der Waals surface area contributed by atoms with Crippen molar-refractivity contribution >= 4 is 45.3 Å². The average Bonchev–Trinajstić information content (AvgIpc) is 2.97. The molecule has 2 aromatic rings. The normalized spacial score (nSPS) is 20.8. The van der Waals surface area contributed by atoms with Crippen LogP contribution in [0, 0.1) is 11.8 Å². The van der Waals surface area contributed by atoms with Gasteiger partial charge in [-0.05, 0) is 61.7 Å². The summed E-state index contributed by atoms with van der Waals surface area (Å²) >= 11 is 9.36. The number of allylic oxidation sites excluding steroid dienone is 2. The van der Waals surface area contributed by atoms with Crippen LogP contribution in [0.25, 0.3) is 0 Å². The molecule has 4 rings (SSSR count). The van der Waals surface area contributed by atoms with Gasteiger partial charge in [0.05, 0.1) is 18.4 Å². The maximum Gasteiger partial charge on any atom is 0.273 e. The van der Waals surface area contributed by atoms with Crippen molar-refractivity contribution in [2.45, 2.75) is 26.3 Å². The van der Waals surface area contributed by atoms with Crippen LogP contribution in [0.5, 0.6) is 0 Å². The van der Waals surface area contributed by atoms with Crippen molar-refractivity contribution in [3.8, 4) is 0 Å². The molecule has 0 radical (unpaired) electrons. The molecule has 30 heavy (non-hydrogen) atoms. The van der Waals surface area contributed by atoms with Crippen molar-refractivity contribution in [3.63, 3.8) is 0 Å². The largest absolute Gasteiger partial charge is 0.273 e. The van der Waals surface area contributed by atoms with Gasteiger partial charge in [-0.15, -0.1) is 0 Å². The van der Waals surface area contributed by atoms with Gasteiger partial charge in [-0.2, -0.15) is 5.01 Å². The standard InChI is InChI=1S/C23H20BrClN2O3/c1-14-2-11-19-20(12-14)23(30)27(22(19)29)26(13-15-3-7-17(24)8-4-15)21(28)16-5-9-18(25)10-6-16/h2-10,19-20H,11-13H2,1H3/t19-,20+/m1/s1. The second-order valence-corrected chi connectivity index (χ2v) is 9.04. The summed E-state index contributed by atoms with van der Waals surface area (Å²) in [5.74, 6) is -1.86. The second-order valence-electron chi connectivity index (χ2n) is 7.69. The van der Waals surface area contributed by atoms with E-state index in [0.29, 0.717) is 23.4 Å². The van der Waals surface area contributed by atoms with E-state index in [1.54, 1.807) is 24.3 Å². The SMILES string of the molecule is CC1=CC[C@H]2C(=O)N(N(Cc3ccc(Br)cc3)C(=O)c3ccc(Cl)cc3)C(=O)[C@H]2C1. The Morgan fingerprint density at radius 1 is 1.07 bits per heavy atom. The predicted octanol–water partition coefficient (Wildman–Crippen LogP) is 5.00. The van der Waals surface area contributed by atoms with E-state index in [1.165, 1.54) is 5.01 Å². The Hall–Kier alpha value is -2.44. The zero-order valence-corrected chi connectivity index (χ0v) is 18.7. The van der Waals surface area contributed by atoms with Crippen LogP contribution >= 0.6 is 27.5 Å². The smallest absolute Gasteiger partial charge is 0.272 e. The molecule has 1 aliphatic heterocycles. The number of hydrogen-bond donors (Lipinski definition) is 0. The summed E-state index contributed by atoms with van der Waals surface area (Å²) in [7, 11) is 0. The molecule has 0 aromatic heterocycles. The lowest BCUT2D eigenvalue weighted by Crippen LogP contribution is -2.49. The van der Waals surface area contributed by atoms with Gasteiger partial charge >= 0.3 is 0 Å². The first-order valence-electron chi connectivity index (χ1n) is 9.70. The number of halogens is 2. The second kappa shape index (κ2) is 8.36. The molecular weight excluding hydrogens is 468 g/mol. The molecule has 1 heterocycles. The number of rotatable bonds is 4. The highest BCUT2D eigenvalue weighted by atomic mass is 79.9. The minimum atomic E-state index is -0.417. The lowest BCUT2D eigenvalue weighted by Gasteiger charge is -2.30. The summed E-state index contributed by atoms with van der Waals surface area (Å²) in [4.78, 5) is 39.8. The Kier molecular flexibility index (Phi) is 5.80. The monoisotopic (exact) mass is 486 g/mol. The van der Waals surface area contributed by atoms with E-state index in [-0.39, 0.29) is 18.4 Å². The van der Waals surface area contributed by atoms with E-state index in [0.717, 1.165) is 20.6 Å². The summed E-state index contributed by atoms with van der Waals surface area (Å²) in [6.07, 6.45) is 3.09. The first-order chi connectivity index (χ1) is 14.3. The van der Waals surface area contributed by atoms with Gasteiger partial charge < -0.3 is 0 Å². The van der Waals surface area contributed by atoms with Crippen LogP contribution in [0.4, 0.5) is 0 Å². The molecule has 1 fully saturated rings. The number of nitrogens with zero attached hydrogens (tertiary/aromatic N) is 2. The summed E-state index contributed by atoms with van der Waals surface area (Å²) in [6.45, 7) is 2.08. The minimum Gasteiger partial charge on any atom is -0.272 e. The average molecular weight is 488 g/mol. The molecule has 0 saturated carbocycles. The van der Waals surface area contributed by atoms with Gasteiger partial charge in [0, 0.05) is 15.1 Å². The maximum atomic E-state index is 13.4. The van der Waals surface area contributed by atoms with Crippen molar-refractivity contribution in [2.75, 3.05) is 0 Å². The number of hydrogen-bond acceptors (Lipinski definition) is 3. The van der Waals surface area contributed by atoms with Gasteiger partial charge in [-0.3, -0.25) is 14.4 Å². The fraction of sp³-hybridized carbons (Fsp3) is 0.261. The van der Waals surface area contributed by atoms with E-state index < -0.39 is 17.7 Å². The molecule has 3 amide bonds. The highest BCUT2D eigenvalue weighted by Gasteiger charge is 2.51. The third-order valence-corrected chi connectivity index (χ3v) is 6.39. The lowest BCUT2D eigenvalue weighted by atomic mass is 9.82. The van der Waals surface area contributed by atoms with Crippen LogP contribution in [-0.4, -0.2) is 27.7 Å². The van der Waals surface area contributed by atoms with Crippen molar-refractivity contribution < 1.29 is 14.4 Å². The van der Waals surface area contributed by atoms with Crippen molar-refractivity contribution in [2.24, 2.45) is 11.8 Å². The Labute approximate surface area is 188 Å². The van der Waals surface area contributed by atoms with Crippen LogP contribution in [-0.2, 0) is 16.1 Å². The van der Waals surface area contributed by atoms with Crippen molar-refractivity contribution in [1.82, 2.24) is 10.0 Å². The maximum absolute atomic E-state index is 13.4. The molecule has 2 aliphatic rings. The van der Waals surface area contributed by atoms with Crippen LogP contribution < -0.4 is 0 Å². The van der Waals surface area contributed by atoms with E-state index >= 15 is 0 Å². The van der Waals surface area contributed by atoms with E-state index in [9.17, 15) is 14.4 Å². The van der Waals surface area contributed by atoms with Crippen molar-refractivity contribution in [3.05, 3.63) is 80.8 Å². The number of carbonyl (C=O) groups is 3. The number of hydrazine groups is 1. The quantitative estimate of drug-likeness (QED) is 0.450. The molecule has 7 heteroatoms. The van der Waals surface area contributed by atoms with E-state index in [2.05, 4.69) is 15.9 Å². The number of benzene rings is 2. The van der Waals surface area contributed by atoms with Crippen LogP contribution in [0.1, 0.15) is 35.7 Å². The van der Waals surface area contributed by atoms with E-state index in [4.69, 9.17) is 11.6 Å². The number of fused-ring (bicyclic) bond motifs is 1. The van der Waals surface area contributed by atoms with E-state index in [1.807, 2.05) is 37.3 Å². The first-order valence-corrected chi connectivity index (χ1v) is 10.9. The zero-order valence-electron chi connectivity index (χ0n) is 16.3. The number of imide groups is 1. The third kappa shape index (κ3) is 3.94. The molecule has 0 bridgehead atoms. The molecule has 1 aliphatic carbocycles. The molecule has 2 aromatic carbocycles. The van der Waals surface area contributed by atoms with Crippen molar-refractivity contribution in [1.29, 1.82) is 0 Å². The van der Waals surface area contributed by atoms with Gasteiger partial charge in [-0.1, -0.05) is 51.3 Å². The highest BCUT2D eigenvalue weighted by Crippen LogP contribution is 2.39. The molecule has 0 spiro atoms. The fourth-order valence-electron chi connectivity index (χ4n) is 4.00. The third-order valence-electron chi connectivity index (χ3n) is 5.61. The molecular formula is C23H20BrClN2O3. The lowest BCUT2D eigenvalue weighted by molar-refractivity contribution is -0.155. The molecule has 0 N–H and O–H groups in total. The minimum absolute atomic E-state index is 0.109. The van der Waals surface area contributed by atoms with Crippen LogP contribution in [0.15, 0.2) is 64.7 Å². The Bertz CT molecular complexity index is 1030. The molecule has 2 atom stereocenters. The van der Waals surface area contributed by atoms with Gasteiger partial charge in [0.15, 0.2) is 0 Å². The molecule has 1 saturated heterocycles. The summed E-state index contributed by atoms with van der Waals surface area (Å²) in [5.41, 5.74) is 2.27. The molecule has 154 valence electrons. The first kappa shape index (κ1) is 20.8. The van der Waals surface area contributed by atoms with Gasteiger partial charge in [0.25, 0.3) is 17.7 Å². The molecule has 0 unspecified atom stereocenters.